The number of nitrogens with two attached hydrogens (primary N) is 1. The van der Waals surface area contributed by atoms with Crippen LogP contribution in [0.1, 0.15) is 22.7 Å². The highest BCUT2D eigenvalue weighted by Crippen LogP contribution is 2.26. The van der Waals surface area contributed by atoms with Crippen LogP contribution in [0.5, 0.6) is 0 Å². The molecular formula is C15H15Br2N. The van der Waals surface area contributed by atoms with Gasteiger partial charge in [0.1, 0.15) is 0 Å². The van der Waals surface area contributed by atoms with Gasteiger partial charge >= 0.3 is 0 Å². The minimum absolute atomic E-state index is 0.00859. The SMILES string of the molecule is Cc1ccc(C(N)Cc2cccc(Br)c2)c(Br)c1. The van der Waals surface area contributed by atoms with Crippen molar-refractivity contribution in [2.75, 3.05) is 0 Å². The van der Waals surface area contributed by atoms with Crippen molar-refractivity contribution in [2.24, 2.45) is 5.73 Å². The Balaban J connectivity index is 2.19. The first-order valence-corrected chi connectivity index (χ1v) is 7.41. The maximum atomic E-state index is 6.28. The first-order chi connectivity index (χ1) is 8.56. The van der Waals surface area contributed by atoms with Gasteiger partial charge in [-0.25, -0.2) is 0 Å². The van der Waals surface area contributed by atoms with Gasteiger partial charge in [0, 0.05) is 15.0 Å². The zero-order valence-electron chi connectivity index (χ0n) is 10.2. The molecule has 0 aliphatic heterocycles. The van der Waals surface area contributed by atoms with E-state index in [1.165, 1.54) is 11.1 Å². The van der Waals surface area contributed by atoms with E-state index in [0.29, 0.717) is 0 Å². The van der Waals surface area contributed by atoms with E-state index in [1.807, 2.05) is 12.1 Å². The second kappa shape index (κ2) is 6.00. The summed E-state index contributed by atoms with van der Waals surface area (Å²) in [5.74, 6) is 0. The number of rotatable bonds is 3. The molecule has 3 heteroatoms. The Kier molecular flexibility index (Phi) is 4.60. The standard InChI is InChI=1S/C15H15Br2N/c1-10-5-6-13(14(17)7-10)15(18)9-11-3-2-4-12(16)8-11/h2-8,15H,9,18H2,1H3. The van der Waals surface area contributed by atoms with Crippen molar-refractivity contribution >= 4 is 31.9 Å². The van der Waals surface area contributed by atoms with Gasteiger partial charge in [0.15, 0.2) is 0 Å². The van der Waals surface area contributed by atoms with Crippen LogP contribution < -0.4 is 5.73 Å². The highest BCUT2D eigenvalue weighted by molar-refractivity contribution is 9.10. The van der Waals surface area contributed by atoms with E-state index in [2.05, 4.69) is 69.1 Å². The fourth-order valence-corrected chi connectivity index (χ4v) is 3.19. The summed E-state index contributed by atoms with van der Waals surface area (Å²) in [5.41, 5.74) is 9.91. The molecule has 2 rings (SSSR count). The second-order valence-electron chi connectivity index (χ2n) is 4.47. The lowest BCUT2D eigenvalue weighted by molar-refractivity contribution is 0.718. The zero-order chi connectivity index (χ0) is 13.1. The number of halogens is 2. The predicted molar refractivity (Wildman–Crippen MR) is 83.7 cm³/mol. The second-order valence-corrected chi connectivity index (χ2v) is 6.24. The maximum Gasteiger partial charge on any atom is 0.0347 e. The number of hydrogen-bond acceptors (Lipinski definition) is 1. The Labute approximate surface area is 125 Å². The summed E-state index contributed by atoms with van der Waals surface area (Å²) in [6.07, 6.45) is 0.834. The summed E-state index contributed by atoms with van der Waals surface area (Å²) in [4.78, 5) is 0. The Morgan fingerprint density at radius 3 is 2.56 bits per heavy atom. The van der Waals surface area contributed by atoms with Gasteiger partial charge in [0.2, 0.25) is 0 Å². The Morgan fingerprint density at radius 1 is 1.11 bits per heavy atom. The summed E-state index contributed by atoms with van der Waals surface area (Å²) in [6, 6.07) is 14.6. The average molecular weight is 369 g/mol. The van der Waals surface area contributed by atoms with Crippen LogP contribution in [0.3, 0.4) is 0 Å². The smallest absolute Gasteiger partial charge is 0.0347 e. The summed E-state index contributed by atoms with van der Waals surface area (Å²) in [5, 5.41) is 0. The molecular weight excluding hydrogens is 354 g/mol. The maximum absolute atomic E-state index is 6.28. The molecule has 1 unspecified atom stereocenters. The van der Waals surface area contributed by atoms with Crippen LogP contribution in [0.15, 0.2) is 51.4 Å². The van der Waals surface area contributed by atoms with Crippen LogP contribution in [0.2, 0.25) is 0 Å². The number of benzene rings is 2. The summed E-state index contributed by atoms with van der Waals surface area (Å²) < 4.78 is 2.18. The van der Waals surface area contributed by atoms with Crippen molar-refractivity contribution < 1.29 is 0 Å². The zero-order valence-corrected chi connectivity index (χ0v) is 13.3. The van der Waals surface area contributed by atoms with Crippen molar-refractivity contribution in [3.05, 3.63) is 68.1 Å². The van der Waals surface area contributed by atoms with Crippen LogP contribution in [-0.4, -0.2) is 0 Å². The van der Waals surface area contributed by atoms with Crippen molar-refractivity contribution in [1.29, 1.82) is 0 Å². The molecule has 2 N–H and O–H groups in total. The third kappa shape index (κ3) is 3.44. The third-order valence-electron chi connectivity index (χ3n) is 2.90. The summed E-state index contributed by atoms with van der Waals surface area (Å²) in [7, 11) is 0. The molecule has 0 aromatic heterocycles. The quantitative estimate of drug-likeness (QED) is 0.830. The molecule has 0 spiro atoms. The predicted octanol–water partition coefficient (Wildman–Crippen LogP) is 4.76. The molecule has 0 heterocycles. The molecule has 0 saturated heterocycles. The molecule has 2 aromatic rings. The van der Waals surface area contributed by atoms with Gasteiger partial charge in [-0.2, -0.15) is 0 Å². The molecule has 1 atom stereocenters. The molecule has 2 aromatic carbocycles. The van der Waals surface area contributed by atoms with E-state index in [1.54, 1.807) is 0 Å². The molecule has 0 fully saturated rings. The van der Waals surface area contributed by atoms with Crippen LogP contribution in [0.4, 0.5) is 0 Å². The van der Waals surface area contributed by atoms with Gasteiger partial charge in [-0.15, -0.1) is 0 Å². The highest BCUT2D eigenvalue weighted by atomic mass is 79.9. The molecule has 94 valence electrons. The van der Waals surface area contributed by atoms with Crippen molar-refractivity contribution in [1.82, 2.24) is 0 Å². The van der Waals surface area contributed by atoms with Gasteiger partial charge in [-0.1, -0.05) is 56.1 Å². The van der Waals surface area contributed by atoms with E-state index < -0.39 is 0 Å². The molecule has 0 aliphatic rings. The van der Waals surface area contributed by atoms with Crippen LogP contribution in [0.25, 0.3) is 0 Å². The van der Waals surface area contributed by atoms with E-state index in [4.69, 9.17) is 5.73 Å². The van der Waals surface area contributed by atoms with E-state index in [0.717, 1.165) is 20.9 Å². The van der Waals surface area contributed by atoms with E-state index in [-0.39, 0.29) is 6.04 Å². The molecule has 0 aliphatic carbocycles. The molecule has 1 nitrogen and oxygen atoms in total. The monoisotopic (exact) mass is 367 g/mol. The highest BCUT2D eigenvalue weighted by Gasteiger charge is 2.10. The minimum Gasteiger partial charge on any atom is -0.324 e. The Morgan fingerprint density at radius 2 is 1.89 bits per heavy atom. The van der Waals surface area contributed by atoms with Gasteiger partial charge in [-0.05, 0) is 48.2 Å². The Hall–Kier alpha value is -0.640. The first-order valence-electron chi connectivity index (χ1n) is 5.82. The lowest BCUT2D eigenvalue weighted by atomic mass is 9.99. The normalized spacial score (nSPS) is 12.4. The van der Waals surface area contributed by atoms with E-state index >= 15 is 0 Å². The largest absolute Gasteiger partial charge is 0.324 e. The van der Waals surface area contributed by atoms with Gasteiger partial charge in [0.25, 0.3) is 0 Å². The molecule has 0 saturated carbocycles. The summed E-state index contributed by atoms with van der Waals surface area (Å²) >= 11 is 7.07. The summed E-state index contributed by atoms with van der Waals surface area (Å²) in [6.45, 7) is 2.08. The minimum atomic E-state index is 0.00859. The lowest BCUT2D eigenvalue weighted by Gasteiger charge is -2.14. The van der Waals surface area contributed by atoms with Crippen LogP contribution in [0, 0.1) is 6.92 Å². The van der Waals surface area contributed by atoms with Crippen LogP contribution >= 0.6 is 31.9 Å². The fraction of sp³-hybridized carbons (Fsp3) is 0.200. The number of aryl methyl sites for hydroxylation is 1. The molecule has 18 heavy (non-hydrogen) atoms. The van der Waals surface area contributed by atoms with Crippen LogP contribution in [-0.2, 0) is 6.42 Å². The molecule has 0 amide bonds. The molecule has 0 bridgehead atoms. The van der Waals surface area contributed by atoms with Crippen molar-refractivity contribution in [3.8, 4) is 0 Å². The topological polar surface area (TPSA) is 26.0 Å². The number of hydrogen-bond donors (Lipinski definition) is 1. The Bertz CT molecular complexity index is 552. The van der Waals surface area contributed by atoms with Gasteiger partial charge < -0.3 is 5.73 Å². The fourth-order valence-electron chi connectivity index (χ4n) is 1.96. The van der Waals surface area contributed by atoms with E-state index in [9.17, 15) is 0 Å². The molecule has 0 radical (unpaired) electrons. The van der Waals surface area contributed by atoms with Crippen molar-refractivity contribution in [3.63, 3.8) is 0 Å². The average Bonchev–Trinajstić information content (AvgIpc) is 2.28. The first kappa shape index (κ1) is 13.8. The van der Waals surface area contributed by atoms with Crippen molar-refractivity contribution in [2.45, 2.75) is 19.4 Å². The van der Waals surface area contributed by atoms with Gasteiger partial charge in [0.05, 0.1) is 0 Å². The lowest BCUT2D eigenvalue weighted by Crippen LogP contribution is -2.14. The van der Waals surface area contributed by atoms with Gasteiger partial charge in [-0.3, -0.25) is 0 Å². The third-order valence-corrected chi connectivity index (χ3v) is 4.08.